The van der Waals surface area contributed by atoms with Crippen molar-refractivity contribution in [3.05, 3.63) is 36.5 Å². The second-order valence-corrected chi connectivity index (χ2v) is 1.46. The molecule has 2 nitrogen and oxygen atoms in total. The van der Waals surface area contributed by atoms with Gasteiger partial charge in [0.1, 0.15) is 17.7 Å². The maximum absolute atomic E-state index is 8.33. The molecule has 0 atom stereocenters. The minimum atomic E-state index is 0.0463. The number of nitriles is 2. The van der Waals surface area contributed by atoms with Crippen LogP contribution in [-0.2, 0) is 0 Å². The lowest BCUT2D eigenvalue weighted by Gasteiger charge is -1.87. The summed E-state index contributed by atoms with van der Waals surface area (Å²) in [5.74, 6) is 0. The number of rotatable bonds is 2. The van der Waals surface area contributed by atoms with Crippen LogP contribution in [0.1, 0.15) is 0 Å². The van der Waals surface area contributed by atoms with Gasteiger partial charge in [0, 0.05) is 5.57 Å². The van der Waals surface area contributed by atoms with E-state index in [4.69, 9.17) is 10.5 Å². The molecule has 0 aromatic rings. The van der Waals surface area contributed by atoms with Crippen molar-refractivity contribution in [3.63, 3.8) is 0 Å². The molecule has 0 amide bonds. The Balaban J connectivity index is 4.98. The summed E-state index contributed by atoms with van der Waals surface area (Å²) in [6.45, 7) is 6.83. The van der Waals surface area contributed by atoms with Crippen LogP contribution in [0.2, 0.25) is 0 Å². The average molecular weight is 130 g/mol. The summed E-state index contributed by atoms with van der Waals surface area (Å²) in [6, 6.07) is 3.46. The molecule has 10 heavy (non-hydrogen) atoms. The van der Waals surface area contributed by atoms with E-state index in [9.17, 15) is 0 Å². The van der Waals surface area contributed by atoms with Gasteiger partial charge in [-0.3, -0.25) is 0 Å². The number of hydrogen-bond donors (Lipinski definition) is 0. The van der Waals surface area contributed by atoms with E-state index in [0.717, 1.165) is 0 Å². The molecular weight excluding hydrogens is 124 g/mol. The number of hydrogen-bond acceptors (Lipinski definition) is 2. The summed E-state index contributed by atoms with van der Waals surface area (Å²) in [4.78, 5) is 0. The van der Waals surface area contributed by atoms with E-state index in [1.165, 1.54) is 12.2 Å². The Hall–Kier alpha value is -1.80. The molecule has 0 N–H and O–H groups in total. The van der Waals surface area contributed by atoms with Crippen molar-refractivity contribution in [1.82, 2.24) is 0 Å². The summed E-state index contributed by atoms with van der Waals surface area (Å²) in [5, 5.41) is 16.7. The van der Waals surface area contributed by atoms with Gasteiger partial charge < -0.3 is 0 Å². The van der Waals surface area contributed by atoms with Gasteiger partial charge in [0.25, 0.3) is 0 Å². The van der Waals surface area contributed by atoms with Crippen molar-refractivity contribution in [2.24, 2.45) is 0 Å². The second kappa shape index (κ2) is 4.12. The third-order valence-electron chi connectivity index (χ3n) is 0.952. The van der Waals surface area contributed by atoms with Crippen LogP contribution in [-0.4, -0.2) is 0 Å². The fourth-order valence-corrected chi connectivity index (χ4v) is 0.442. The molecule has 0 bridgehead atoms. The van der Waals surface area contributed by atoms with E-state index < -0.39 is 0 Å². The van der Waals surface area contributed by atoms with Gasteiger partial charge in [0.15, 0.2) is 0 Å². The predicted octanol–water partition coefficient (Wildman–Crippen LogP) is 1.70. The Bertz CT molecular complexity index is 232. The zero-order chi connectivity index (χ0) is 7.98. The van der Waals surface area contributed by atoms with E-state index in [0.29, 0.717) is 5.57 Å². The van der Waals surface area contributed by atoms with Crippen molar-refractivity contribution < 1.29 is 0 Å². The molecule has 0 saturated carbocycles. The van der Waals surface area contributed by atoms with Gasteiger partial charge in [0.2, 0.25) is 0 Å². The molecule has 2 heteroatoms. The van der Waals surface area contributed by atoms with Crippen LogP contribution in [0.4, 0.5) is 0 Å². The highest BCUT2D eigenvalue weighted by Gasteiger charge is 1.95. The SMILES string of the molecule is C=CC(C=C)=C(C#N)C#N. The first-order valence-corrected chi connectivity index (χ1v) is 2.59. The summed E-state index contributed by atoms with van der Waals surface area (Å²) in [6.07, 6.45) is 2.85. The Labute approximate surface area is 60.0 Å². The van der Waals surface area contributed by atoms with E-state index in [1.54, 1.807) is 12.1 Å². The zero-order valence-electron chi connectivity index (χ0n) is 5.46. The highest BCUT2D eigenvalue weighted by molar-refractivity contribution is 5.48. The maximum atomic E-state index is 8.33. The summed E-state index contributed by atoms with van der Waals surface area (Å²) >= 11 is 0. The van der Waals surface area contributed by atoms with Crippen LogP contribution in [0, 0.1) is 22.7 Å². The lowest BCUT2D eigenvalue weighted by molar-refractivity contribution is 1.44. The van der Waals surface area contributed by atoms with E-state index in [-0.39, 0.29) is 5.57 Å². The topological polar surface area (TPSA) is 47.6 Å². The smallest absolute Gasteiger partial charge is 0.136 e. The molecule has 0 unspecified atom stereocenters. The van der Waals surface area contributed by atoms with Crippen LogP contribution in [0.15, 0.2) is 36.5 Å². The summed E-state index contributed by atoms with van der Waals surface area (Å²) in [7, 11) is 0. The van der Waals surface area contributed by atoms with Crippen LogP contribution in [0.3, 0.4) is 0 Å². The molecule has 0 heterocycles. The van der Waals surface area contributed by atoms with Gasteiger partial charge in [-0.05, 0) is 0 Å². The molecule has 0 aliphatic carbocycles. The minimum Gasteiger partial charge on any atom is -0.192 e. The molecule has 0 aliphatic rings. The van der Waals surface area contributed by atoms with Gasteiger partial charge in [-0.1, -0.05) is 25.3 Å². The quantitative estimate of drug-likeness (QED) is 0.422. The van der Waals surface area contributed by atoms with E-state index >= 15 is 0 Å². The second-order valence-electron chi connectivity index (χ2n) is 1.46. The van der Waals surface area contributed by atoms with E-state index in [1.807, 2.05) is 0 Å². The monoisotopic (exact) mass is 130 g/mol. The standard InChI is InChI=1S/C8H6N2/c1-3-7(4-2)8(5-9)6-10/h3-4H,1-2H2. The molecule has 0 fully saturated rings. The van der Waals surface area contributed by atoms with Crippen molar-refractivity contribution in [2.45, 2.75) is 0 Å². The van der Waals surface area contributed by atoms with Crippen molar-refractivity contribution in [1.29, 1.82) is 10.5 Å². The lowest BCUT2D eigenvalue weighted by Crippen LogP contribution is -1.78. The van der Waals surface area contributed by atoms with Crippen LogP contribution in [0.5, 0.6) is 0 Å². The van der Waals surface area contributed by atoms with Crippen LogP contribution >= 0.6 is 0 Å². The molecule has 0 saturated heterocycles. The number of nitrogens with zero attached hydrogens (tertiary/aromatic N) is 2. The molecule has 0 aliphatic heterocycles. The van der Waals surface area contributed by atoms with Crippen molar-refractivity contribution >= 4 is 0 Å². The van der Waals surface area contributed by atoms with E-state index in [2.05, 4.69) is 13.2 Å². The Kier molecular flexibility index (Phi) is 3.38. The predicted molar refractivity (Wildman–Crippen MR) is 38.6 cm³/mol. The van der Waals surface area contributed by atoms with Crippen LogP contribution in [0.25, 0.3) is 0 Å². The normalized spacial score (nSPS) is 6.60. The van der Waals surface area contributed by atoms with Crippen LogP contribution < -0.4 is 0 Å². The highest BCUT2D eigenvalue weighted by atomic mass is 14.3. The van der Waals surface area contributed by atoms with Gasteiger partial charge in [0.05, 0.1) is 0 Å². The van der Waals surface area contributed by atoms with Gasteiger partial charge in [-0.2, -0.15) is 10.5 Å². The average Bonchev–Trinajstić information content (AvgIpc) is 2.00. The Morgan fingerprint density at radius 3 is 1.60 bits per heavy atom. The lowest BCUT2D eigenvalue weighted by atomic mass is 10.1. The third-order valence-corrected chi connectivity index (χ3v) is 0.952. The van der Waals surface area contributed by atoms with Gasteiger partial charge in [-0.15, -0.1) is 0 Å². The van der Waals surface area contributed by atoms with Crippen molar-refractivity contribution in [2.75, 3.05) is 0 Å². The minimum absolute atomic E-state index is 0.0463. The van der Waals surface area contributed by atoms with Gasteiger partial charge in [-0.25, -0.2) is 0 Å². The fraction of sp³-hybridized carbons (Fsp3) is 0. The summed E-state index contributed by atoms with van der Waals surface area (Å²) in [5.41, 5.74) is 0.523. The van der Waals surface area contributed by atoms with Gasteiger partial charge >= 0.3 is 0 Å². The molecule has 0 radical (unpaired) electrons. The Morgan fingerprint density at radius 2 is 1.50 bits per heavy atom. The zero-order valence-corrected chi connectivity index (χ0v) is 5.46. The molecular formula is C8H6N2. The fourth-order valence-electron chi connectivity index (χ4n) is 0.442. The molecule has 48 valence electrons. The third kappa shape index (κ3) is 1.61. The number of allylic oxidation sites excluding steroid dienone is 4. The molecule has 0 aromatic heterocycles. The molecule has 0 aromatic carbocycles. The molecule has 0 spiro atoms. The first-order chi connectivity index (χ1) is 4.79. The van der Waals surface area contributed by atoms with Crippen molar-refractivity contribution in [3.8, 4) is 12.1 Å². The summed E-state index contributed by atoms with van der Waals surface area (Å²) < 4.78 is 0. The highest BCUT2D eigenvalue weighted by Crippen LogP contribution is 2.03. The first kappa shape index (κ1) is 8.20. The largest absolute Gasteiger partial charge is 0.192 e. The maximum Gasteiger partial charge on any atom is 0.136 e. The molecule has 0 rings (SSSR count). The Morgan fingerprint density at radius 1 is 1.10 bits per heavy atom. The first-order valence-electron chi connectivity index (χ1n) is 2.59.